The topological polar surface area (TPSA) is 81.4 Å². The van der Waals surface area contributed by atoms with Gasteiger partial charge in [-0.3, -0.25) is 4.79 Å². The van der Waals surface area contributed by atoms with Gasteiger partial charge in [-0.15, -0.1) is 0 Å². The Hall–Kier alpha value is -1.56. The summed E-state index contributed by atoms with van der Waals surface area (Å²) in [4.78, 5) is 22.5. The first-order valence-electron chi connectivity index (χ1n) is 4.81. The molecule has 0 fully saturated rings. The third-order valence-corrected chi connectivity index (χ3v) is 2.98. The second kappa shape index (κ2) is 4.98. The molecule has 0 bridgehead atoms. The molecule has 88 valence electrons. The smallest absolute Gasteiger partial charge is 0.341 e. The highest BCUT2D eigenvalue weighted by Gasteiger charge is 2.20. The summed E-state index contributed by atoms with van der Waals surface area (Å²) in [5.74, 6) is -0.648. The van der Waals surface area contributed by atoms with E-state index in [2.05, 4.69) is 5.32 Å². The fourth-order valence-corrected chi connectivity index (χ4v) is 2.28. The zero-order valence-corrected chi connectivity index (χ0v) is 10.2. The van der Waals surface area contributed by atoms with E-state index in [0.717, 1.165) is 0 Å². The highest BCUT2D eigenvalue weighted by Crippen LogP contribution is 2.35. The van der Waals surface area contributed by atoms with E-state index in [-0.39, 0.29) is 5.91 Å². The van der Waals surface area contributed by atoms with Crippen LogP contribution in [0.5, 0.6) is 0 Å². The van der Waals surface area contributed by atoms with Crippen molar-refractivity contribution >= 4 is 33.2 Å². The first-order chi connectivity index (χ1) is 7.47. The molecule has 0 aliphatic rings. The SMILES string of the molecule is CCOC(=O)c1c(N)sc(NC(C)=O)c1C. The number of hydrogen-bond donors (Lipinski definition) is 2. The van der Waals surface area contributed by atoms with E-state index in [0.29, 0.717) is 27.7 Å². The first-order valence-corrected chi connectivity index (χ1v) is 5.62. The summed E-state index contributed by atoms with van der Waals surface area (Å²) in [6, 6.07) is 0. The van der Waals surface area contributed by atoms with Gasteiger partial charge in [-0.1, -0.05) is 11.3 Å². The van der Waals surface area contributed by atoms with Crippen molar-refractivity contribution in [2.75, 3.05) is 17.7 Å². The minimum atomic E-state index is -0.453. The number of carbonyl (C=O) groups excluding carboxylic acids is 2. The van der Waals surface area contributed by atoms with Crippen molar-refractivity contribution in [3.63, 3.8) is 0 Å². The van der Waals surface area contributed by atoms with Gasteiger partial charge in [-0.2, -0.15) is 0 Å². The summed E-state index contributed by atoms with van der Waals surface area (Å²) >= 11 is 1.17. The molecule has 1 aromatic rings. The van der Waals surface area contributed by atoms with Gasteiger partial charge in [-0.25, -0.2) is 4.79 Å². The molecule has 1 heterocycles. The van der Waals surface area contributed by atoms with Crippen LogP contribution in [0.15, 0.2) is 0 Å². The Morgan fingerprint density at radius 1 is 1.50 bits per heavy atom. The molecule has 1 aromatic heterocycles. The van der Waals surface area contributed by atoms with Crippen LogP contribution in [0.2, 0.25) is 0 Å². The van der Waals surface area contributed by atoms with Crippen LogP contribution in [-0.2, 0) is 9.53 Å². The van der Waals surface area contributed by atoms with Crippen molar-refractivity contribution in [1.82, 2.24) is 0 Å². The number of anilines is 2. The Bertz CT molecular complexity index is 426. The molecule has 6 heteroatoms. The van der Waals surface area contributed by atoms with Crippen LogP contribution >= 0.6 is 11.3 Å². The quantitative estimate of drug-likeness (QED) is 0.791. The van der Waals surface area contributed by atoms with Gasteiger partial charge >= 0.3 is 5.97 Å². The van der Waals surface area contributed by atoms with Gasteiger partial charge in [0, 0.05) is 12.5 Å². The molecule has 0 radical (unpaired) electrons. The molecule has 3 N–H and O–H groups in total. The second-order valence-electron chi connectivity index (χ2n) is 3.20. The van der Waals surface area contributed by atoms with Crippen LogP contribution in [0.1, 0.15) is 29.8 Å². The molecular formula is C10H14N2O3S. The number of ether oxygens (including phenoxy) is 1. The number of hydrogen-bond acceptors (Lipinski definition) is 5. The first kappa shape index (κ1) is 12.5. The minimum absolute atomic E-state index is 0.195. The largest absolute Gasteiger partial charge is 0.462 e. The fraction of sp³-hybridized carbons (Fsp3) is 0.400. The average molecular weight is 242 g/mol. The van der Waals surface area contributed by atoms with Gasteiger partial charge in [0.05, 0.1) is 12.2 Å². The standard InChI is InChI=1S/C10H14N2O3S/c1-4-15-10(14)7-5(2)9(12-6(3)13)16-8(7)11/h4,11H2,1-3H3,(H,12,13). The van der Waals surface area contributed by atoms with Crippen LogP contribution in [0.4, 0.5) is 10.0 Å². The average Bonchev–Trinajstić information content (AvgIpc) is 2.41. The lowest BCUT2D eigenvalue weighted by atomic mass is 10.2. The lowest BCUT2D eigenvalue weighted by Crippen LogP contribution is -2.09. The van der Waals surface area contributed by atoms with Gasteiger partial charge in [0.15, 0.2) is 0 Å². The Labute approximate surface area is 97.6 Å². The Morgan fingerprint density at radius 3 is 2.62 bits per heavy atom. The number of amides is 1. The van der Waals surface area contributed by atoms with Gasteiger partial charge in [0.1, 0.15) is 10.0 Å². The van der Waals surface area contributed by atoms with Crippen molar-refractivity contribution in [3.8, 4) is 0 Å². The number of rotatable bonds is 3. The molecule has 0 aliphatic carbocycles. The number of thiophene rings is 1. The second-order valence-corrected chi connectivity index (χ2v) is 4.25. The number of nitrogens with one attached hydrogen (secondary N) is 1. The van der Waals surface area contributed by atoms with Gasteiger partial charge in [0.25, 0.3) is 0 Å². The summed E-state index contributed by atoms with van der Waals surface area (Å²) in [7, 11) is 0. The highest BCUT2D eigenvalue weighted by molar-refractivity contribution is 7.20. The number of nitrogens with two attached hydrogens (primary N) is 1. The molecule has 1 rings (SSSR count). The third kappa shape index (κ3) is 2.52. The highest BCUT2D eigenvalue weighted by atomic mass is 32.1. The number of nitrogen functional groups attached to an aromatic ring is 1. The Balaban J connectivity index is 3.06. The molecule has 0 atom stereocenters. The summed E-state index contributed by atoms with van der Waals surface area (Å²) in [5, 5.41) is 3.57. The van der Waals surface area contributed by atoms with E-state index in [1.54, 1.807) is 13.8 Å². The van der Waals surface area contributed by atoms with Crippen LogP contribution in [0, 0.1) is 6.92 Å². The van der Waals surface area contributed by atoms with Gasteiger partial charge in [0.2, 0.25) is 5.91 Å². The maximum atomic E-state index is 11.6. The van der Waals surface area contributed by atoms with Crippen molar-refractivity contribution in [1.29, 1.82) is 0 Å². The predicted octanol–water partition coefficient (Wildman–Crippen LogP) is 1.77. The molecule has 0 unspecified atom stereocenters. The van der Waals surface area contributed by atoms with E-state index in [1.165, 1.54) is 18.3 Å². The maximum absolute atomic E-state index is 11.6. The fourth-order valence-electron chi connectivity index (χ4n) is 1.27. The lowest BCUT2D eigenvalue weighted by Gasteiger charge is -2.02. The monoisotopic (exact) mass is 242 g/mol. The van der Waals surface area contributed by atoms with Crippen LogP contribution in [-0.4, -0.2) is 18.5 Å². The van der Waals surface area contributed by atoms with Crippen LogP contribution < -0.4 is 11.1 Å². The molecule has 0 saturated heterocycles. The van der Waals surface area contributed by atoms with Crippen molar-refractivity contribution < 1.29 is 14.3 Å². The van der Waals surface area contributed by atoms with Crippen LogP contribution in [0.3, 0.4) is 0 Å². The summed E-state index contributed by atoms with van der Waals surface area (Å²) in [6.07, 6.45) is 0. The van der Waals surface area contributed by atoms with Gasteiger partial charge < -0.3 is 15.8 Å². The summed E-state index contributed by atoms with van der Waals surface area (Å²) in [5.41, 5.74) is 6.71. The normalized spacial score (nSPS) is 9.94. The molecule has 0 saturated carbocycles. The van der Waals surface area contributed by atoms with Gasteiger partial charge in [-0.05, 0) is 13.8 Å². The number of carbonyl (C=O) groups is 2. The van der Waals surface area contributed by atoms with Crippen LogP contribution in [0.25, 0.3) is 0 Å². The minimum Gasteiger partial charge on any atom is -0.462 e. The zero-order chi connectivity index (χ0) is 12.3. The third-order valence-electron chi connectivity index (χ3n) is 1.94. The van der Waals surface area contributed by atoms with E-state index in [4.69, 9.17) is 10.5 Å². The maximum Gasteiger partial charge on any atom is 0.341 e. The van der Waals surface area contributed by atoms with Crippen molar-refractivity contribution in [3.05, 3.63) is 11.1 Å². The van der Waals surface area contributed by atoms with Crippen molar-refractivity contribution in [2.24, 2.45) is 0 Å². The van der Waals surface area contributed by atoms with Crippen molar-refractivity contribution in [2.45, 2.75) is 20.8 Å². The molecule has 0 aromatic carbocycles. The number of esters is 1. The molecule has 5 nitrogen and oxygen atoms in total. The molecule has 16 heavy (non-hydrogen) atoms. The zero-order valence-electron chi connectivity index (χ0n) is 9.42. The Morgan fingerprint density at radius 2 is 2.12 bits per heavy atom. The molecule has 0 spiro atoms. The molecule has 0 aliphatic heterocycles. The van der Waals surface area contributed by atoms with E-state index < -0.39 is 5.97 Å². The molecule has 1 amide bonds. The summed E-state index contributed by atoms with van der Waals surface area (Å²) in [6.45, 7) is 5.15. The summed E-state index contributed by atoms with van der Waals surface area (Å²) < 4.78 is 4.88. The van der Waals surface area contributed by atoms with E-state index >= 15 is 0 Å². The van der Waals surface area contributed by atoms with E-state index in [1.807, 2.05) is 0 Å². The molecular weight excluding hydrogens is 228 g/mol. The lowest BCUT2D eigenvalue weighted by molar-refractivity contribution is -0.114. The van der Waals surface area contributed by atoms with E-state index in [9.17, 15) is 9.59 Å². The predicted molar refractivity (Wildman–Crippen MR) is 63.7 cm³/mol. The Kier molecular flexibility index (Phi) is 3.89.